The van der Waals surface area contributed by atoms with Crippen molar-refractivity contribution >= 4 is 22.7 Å². The average molecular weight is 379 g/mol. The van der Waals surface area contributed by atoms with Gasteiger partial charge in [-0.05, 0) is 12.1 Å². The molecule has 0 aliphatic carbocycles. The highest BCUT2D eigenvalue weighted by molar-refractivity contribution is 6.02. The van der Waals surface area contributed by atoms with Crippen LogP contribution >= 0.6 is 0 Å². The Hall–Kier alpha value is -3.46. The Balaban J connectivity index is 1.80. The molecule has 0 bridgehead atoms. The van der Waals surface area contributed by atoms with Crippen LogP contribution in [0.15, 0.2) is 42.6 Å². The van der Waals surface area contributed by atoms with Crippen LogP contribution in [0.2, 0.25) is 0 Å². The van der Waals surface area contributed by atoms with Crippen molar-refractivity contribution < 1.29 is 9.13 Å². The van der Waals surface area contributed by atoms with Crippen molar-refractivity contribution in [1.82, 2.24) is 25.0 Å². The van der Waals surface area contributed by atoms with E-state index < -0.39 is 0 Å². The summed E-state index contributed by atoms with van der Waals surface area (Å²) < 4.78 is 21.7. The van der Waals surface area contributed by atoms with E-state index >= 15 is 0 Å². The molecule has 3 N–H and O–H groups in total. The molecule has 5 rings (SSSR count). The van der Waals surface area contributed by atoms with Gasteiger partial charge in [0.05, 0.1) is 24.8 Å². The van der Waals surface area contributed by atoms with Gasteiger partial charge in [-0.2, -0.15) is 9.78 Å². The fraction of sp³-hybridized carbons (Fsp3) is 0.211. The summed E-state index contributed by atoms with van der Waals surface area (Å²) in [5.74, 6) is 1.32. The molecular formula is C19H18FN7O. The second-order valence-corrected chi connectivity index (χ2v) is 6.54. The topological polar surface area (TPSA) is 97.9 Å². The third-order valence-electron chi connectivity index (χ3n) is 4.86. The Morgan fingerprint density at radius 2 is 1.93 bits per heavy atom. The van der Waals surface area contributed by atoms with Gasteiger partial charge < -0.3 is 15.4 Å². The van der Waals surface area contributed by atoms with Crippen LogP contribution in [0.1, 0.15) is 0 Å². The van der Waals surface area contributed by atoms with Crippen molar-refractivity contribution in [2.45, 2.75) is 0 Å². The third kappa shape index (κ3) is 2.67. The molecule has 142 valence electrons. The van der Waals surface area contributed by atoms with Crippen LogP contribution < -0.4 is 10.6 Å². The SMILES string of the molecule is Nc1nn(-c2ccn[nH]2)c2nc(N3CCOCC3)cc(-c3ccccc3F)c12. The first-order chi connectivity index (χ1) is 13.7. The van der Waals surface area contributed by atoms with Crippen LogP contribution in [0.4, 0.5) is 16.0 Å². The minimum atomic E-state index is -0.323. The van der Waals surface area contributed by atoms with Crippen molar-refractivity contribution in [1.29, 1.82) is 0 Å². The molecule has 0 unspecified atom stereocenters. The van der Waals surface area contributed by atoms with Gasteiger partial charge in [0, 0.05) is 30.3 Å². The number of rotatable bonds is 3. The lowest BCUT2D eigenvalue weighted by molar-refractivity contribution is 0.122. The summed E-state index contributed by atoms with van der Waals surface area (Å²) in [5.41, 5.74) is 7.90. The van der Waals surface area contributed by atoms with Crippen LogP contribution in [-0.2, 0) is 4.74 Å². The zero-order valence-electron chi connectivity index (χ0n) is 15.0. The molecule has 0 spiro atoms. The fourth-order valence-corrected chi connectivity index (χ4v) is 3.51. The molecule has 1 aromatic carbocycles. The molecular weight excluding hydrogens is 361 g/mol. The Morgan fingerprint density at radius 1 is 1.11 bits per heavy atom. The number of fused-ring (bicyclic) bond motifs is 1. The third-order valence-corrected chi connectivity index (χ3v) is 4.86. The molecule has 3 aromatic heterocycles. The van der Waals surface area contributed by atoms with Crippen molar-refractivity contribution in [3.8, 4) is 16.9 Å². The lowest BCUT2D eigenvalue weighted by Crippen LogP contribution is -2.36. The molecule has 4 aromatic rings. The molecule has 28 heavy (non-hydrogen) atoms. The number of aromatic nitrogens is 5. The lowest BCUT2D eigenvalue weighted by atomic mass is 10.0. The molecule has 0 atom stereocenters. The number of anilines is 2. The van der Waals surface area contributed by atoms with Crippen LogP contribution in [0.25, 0.3) is 28.0 Å². The number of hydrogen-bond acceptors (Lipinski definition) is 6. The highest BCUT2D eigenvalue weighted by atomic mass is 19.1. The number of nitrogens with two attached hydrogens (primary N) is 1. The summed E-state index contributed by atoms with van der Waals surface area (Å²) in [4.78, 5) is 6.93. The number of pyridine rings is 1. The molecule has 0 radical (unpaired) electrons. The number of morpholine rings is 1. The van der Waals surface area contributed by atoms with Gasteiger partial charge in [0.15, 0.2) is 17.3 Å². The maximum atomic E-state index is 14.7. The summed E-state index contributed by atoms with van der Waals surface area (Å²) in [7, 11) is 0. The van der Waals surface area contributed by atoms with E-state index in [0.717, 1.165) is 5.82 Å². The number of nitrogen functional groups attached to an aromatic ring is 1. The molecule has 1 fully saturated rings. The second-order valence-electron chi connectivity index (χ2n) is 6.54. The predicted octanol–water partition coefficient (Wildman–Crippen LogP) is 2.37. The molecule has 0 amide bonds. The highest BCUT2D eigenvalue weighted by Crippen LogP contribution is 2.36. The van der Waals surface area contributed by atoms with Crippen molar-refractivity contribution in [3.63, 3.8) is 0 Å². The van der Waals surface area contributed by atoms with Crippen LogP contribution in [0, 0.1) is 5.82 Å². The van der Waals surface area contributed by atoms with E-state index in [4.69, 9.17) is 15.5 Å². The smallest absolute Gasteiger partial charge is 0.169 e. The lowest BCUT2D eigenvalue weighted by Gasteiger charge is -2.28. The van der Waals surface area contributed by atoms with Crippen molar-refractivity contribution in [2.75, 3.05) is 36.9 Å². The van der Waals surface area contributed by atoms with Gasteiger partial charge in [-0.15, -0.1) is 5.10 Å². The van der Waals surface area contributed by atoms with Crippen LogP contribution in [-0.4, -0.2) is 51.3 Å². The van der Waals surface area contributed by atoms with E-state index in [2.05, 4.69) is 20.2 Å². The van der Waals surface area contributed by atoms with Crippen molar-refractivity contribution in [2.24, 2.45) is 0 Å². The summed E-state index contributed by atoms with van der Waals surface area (Å²) in [6, 6.07) is 10.3. The van der Waals surface area contributed by atoms with Crippen LogP contribution in [0.3, 0.4) is 0 Å². The predicted molar refractivity (Wildman–Crippen MR) is 104 cm³/mol. The van der Waals surface area contributed by atoms with E-state index in [1.165, 1.54) is 6.07 Å². The number of benzene rings is 1. The first kappa shape index (κ1) is 16.7. The number of aromatic amines is 1. The van der Waals surface area contributed by atoms with E-state index in [1.54, 1.807) is 35.1 Å². The van der Waals surface area contributed by atoms with E-state index in [1.807, 2.05) is 6.07 Å². The second kappa shape index (κ2) is 6.61. The molecule has 1 aliphatic rings. The van der Waals surface area contributed by atoms with Gasteiger partial charge in [0.1, 0.15) is 11.6 Å². The molecule has 9 heteroatoms. The minimum absolute atomic E-state index is 0.281. The summed E-state index contributed by atoms with van der Waals surface area (Å²) in [6.07, 6.45) is 1.63. The van der Waals surface area contributed by atoms with E-state index in [9.17, 15) is 4.39 Å². The summed E-state index contributed by atoms with van der Waals surface area (Å²) in [5, 5.41) is 11.9. The monoisotopic (exact) mass is 379 g/mol. The number of halogens is 1. The zero-order chi connectivity index (χ0) is 19.1. The van der Waals surface area contributed by atoms with Gasteiger partial charge in [-0.3, -0.25) is 5.10 Å². The van der Waals surface area contributed by atoms with Gasteiger partial charge >= 0.3 is 0 Å². The standard InChI is InChI=1S/C19H18FN7O/c20-14-4-2-1-3-12(14)13-11-16(26-7-9-28-10-8-26)23-19-17(13)18(21)25-27(19)15-5-6-22-24-15/h1-6,11H,7-10H2,(H2,21,25)(H,22,24). The van der Waals surface area contributed by atoms with Crippen molar-refractivity contribution in [3.05, 3.63) is 48.4 Å². The number of nitrogens with one attached hydrogen (secondary N) is 1. The largest absolute Gasteiger partial charge is 0.382 e. The first-order valence-electron chi connectivity index (χ1n) is 8.99. The Labute approximate surface area is 159 Å². The normalized spacial score (nSPS) is 14.7. The molecule has 1 saturated heterocycles. The van der Waals surface area contributed by atoms with Gasteiger partial charge in [0.25, 0.3) is 0 Å². The first-order valence-corrected chi connectivity index (χ1v) is 8.99. The van der Waals surface area contributed by atoms with Crippen LogP contribution in [0.5, 0.6) is 0 Å². The molecule has 4 heterocycles. The summed E-state index contributed by atoms with van der Waals surface area (Å²) in [6.45, 7) is 2.67. The average Bonchev–Trinajstić information content (AvgIpc) is 3.37. The number of hydrogen-bond donors (Lipinski definition) is 2. The minimum Gasteiger partial charge on any atom is -0.382 e. The van der Waals surface area contributed by atoms with Gasteiger partial charge in [-0.25, -0.2) is 9.37 Å². The zero-order valence-corrected chi connectivity index (χ0v) is 15.0. The maximum Gasteiger partial charge on any atom is 0.169 e. The highest BCUT2D eigenvalue weighted by Gasteiger charge is 2.22. The fourth-order valence-electron chi connectivity index (χ4n) is 3.51. The number of ether oxygens (including phenoxy) is 1. The Bertz CT molecular complexity index is 1130. The summed E-state index contributed by atoms with van der Waals surface area (Å²) >= 11 is 0. The van der Waals surface area contributed by atoms with Gasteiger partial charge in [0.2, 0.25) is 0 Å². The Kier molecular flexibility index (Phi) is 3.94. The van der Waals surface area contributed by atoms with Gasteiger partial charge in [-0.1, -0.05) is 18.2 Å². The quantitative estimate of drug-likeness (QED) is 0.567. The number of nitrogens with zero attached hydrogens (tertiary/aromatic N) is 5. The Morgan fingerprint density at radius 3 is 2.68 bits per heavy atom. The van der Waals surface area contributed by atoms with E-state index in [0.29, 0.717) is 54.3 Å². The maximum absolute atomic E-state index is 14.7. The molecule has 1 aliphatic heterocycles. The number of H-pyrrole nitrogens is 1. The van der Waals surface area contributed by atoms with E-state index in [-0.39, 0.29) is 11.6 Å². The molecule has 0 saturated carbocycles. The molecule has 8 nitrogen and oxygen atoms in total.